The molecule has 0 aliphatic rings. The maximum Gasteiger partial charge on any atom is 0.243 e. The summed E-state index contributed by atoms with van der Waals surface area (Å²) in [4.78, 5) is 11.0. The summed E-state index contributed by atoms with van der Waals surface area (Å²) in [5.41, 5.74) is 0.683. The van der Waals surface area contributed by atoms with Crippen molar-refractivity contribution in [2.45, 2.75) is 25.8 Å². The number of carbonyl (C=O) groups is 1. The van der Waals surface area contributed by atoms with Gasteiger partial charge in [-0.15, -0.1) is 0 Å². The van der Waals surface area contributed by atoms with Crippen LogP contribution in [0.15, 0.2) is 36.9 Å². The van der Waals surface area contributed by atoms with E-state index in [1.165, 1.54) is 12.1 Å². The third-order valence-electron chi connectivity index (χ3n) is 2.38. The summed E-state index contributed by atoms with van der Waals surface area (Å²) >= 11 is 0. The fourth-order valence-electron chi connectivity index (χ4n) is 1.45. The van der Waals surface area contributed by atoms with E-state index < -0.39 is 0 Å². The minimum absolute atomic E-state index is 0.0186. The molecule has 3 heteroatoms. The summed E-state index contributed by atoms with van der Waals surface area (Å²) in [6, 6.07) is 6.71. The van der Waals surface area contributed by atoms with Crippen molar-refractivity contribution in [2.24, 2.45) is 0 Å². The Morgan fingerprint density at radius 2 is 2.25 bits per heavy atom. The van der Waals surface area contributed by atoms with Crippen LogP contribution in [0.25, 0.3) is 0 Å². The van der Waals surface area contributed by atoms with Gasteiger partial charge in [0.05, 0.1) is 0 Å². The normalized spacial score (nSPS) is 11.9. The van der Waals surface area contributed by atoms with Gasteiger partial charge in [-0.1, -0.05) is 24.8 Å². The zero-order valence-electron chi connectivity index (χ0n) is 9.37. The van der Waals surface area contributed by atoms with Crippen LogP contribution in [-0.2, 0) is 11.2 Å². The third-order valence-corrected chi connectivity index (χ3v) is 2.38. The van der Waals surface area contributed by atoms with E-state index in [0.717, 1.165) is 0 Å². The van der Waals surface area contributed by atoms with Crippen LogP contribution in [0.5, 0.6) is 0 Å². The zero-order chi connectivity index (χ0) is 12.0. The molecule has 0 bridgehead atoms. The largest absolute Gasteiger partial charge is 0.350 e. The Morgan fingerprint density at radius 1 is 1.56 bits per heavy atom. The van der Waals surface area contributed by atoms with Gasteiger partial charge in [0, 0.05) is 6.04 Å². The highest BCUT2D eigenvalue weighted by molar-refractivity contribution is 5.87. The minimum atomic E-state index is -0.193. The molecule has 0 heterocycles. The predicted octanol–water partition coefficient (Wildman–Crippen LogP) is 2.45. The van der Waals surface area contributed by atoms with Gasteiger partial charge in [-0.2, -0.15) is 0 Å². The second-order valence-electron chi connectivity index (χ2n) is 3.74. The molecule has 1 aromatic rings. The molecule has 1 unspecified atom stereocenters. The minimum Gasteiger partial charge on any atom is -0.350 e. The molecule has 1 N–H and O–H groups in total. The molecule has 0 aliphatic carbocycles. The predicted molar refractivity (Wildman–Crippen MR) is 62.5 cm³/mol. The monoisotopic (exact) mass is 221 g/mol. The summed E-state index contributed by atoms with van der Waals surface area (Å²) in [6.45, 7) is 5.27. The van der Waals surface area contributed by atoms with E-state index in [1.54, 1.807) is 12.1 Å². The van der Waals surface area contributed by atoms with Crippen molar-refractivity contribution in [2.75, 3.05) is 0 Å². The average Bonchev–Trinajstić information content (AvgIpc) is 2.28. The van der Waals surface area contributed by atoms with Crippen molar-refractivity contribution in [1.29, 1.82) is 0 Å². The standard InChI is InChI=1S/C13H16FNO/c1-3-13(16)15-10(2)8-9-11-6-4-5-7-12(11)14/h3-7,10H,1,8-9H2,2H3,(H,15,16). The number of benzene rings is 1. The first-order valence-electron chi connectivity index (χ1n) is 5.30. The van der Waals surface area contributed by atoms with Gasteiger partial charge in [0.1, 0.15) is 5.82 Å². The highest BCUT2D eigenvalue weighted by atomic mass is 19.1. The van der Waals surface area contributed by atoms with E-state index in [-0.39, 0.29) is 17.8 Å². The number of amides is 1. The highest BCUT2D eigenvalue weighted by Crippen LogP contribution is 2.10. The number of hydrogen-bond acceptors (Lipinski definition) is 1. The Balaban J connectivity index is 2.43. The van der Waals surface area contributed by atoms with Gasteiger partial charge in [-0.05, 0) is 37.5 Å². The highest BCUT2D eigenvalue weighted by Gasteiger charge is 2.06. The summed E-state index contributed by atoms with van der Waals surface area (Å²) in [5, 5.41) is 2.74. The summed E-state index contributed by atoms with van der Waals surface area (Å²) in [7, 11) is 0. The van der Waals surface area contributed by atoms with E-state index in [9.17, 15) is 9.18 Å². The lowest BCUT2D eigenvalue weighted by molar-refractivity contribution is -0.117. The lowest BCUT2D eigenvalue weighted by atomic mass is 10.1. The van der Waals surface area contributed by atoms with Gasteiger partial charge < -0.3 is 5.32 Å². The molecule has 0 saturated heterocycles. The van der Waals surface area contributed by atoms with Crippen LogP contribution < -0.4 is 5.32 Å². The van der Waals surface area contributed by atoms with Crippen molar-refractivity contribution in [3.63, 3.8) is 0 Å². The molecule has 0 aromatic heterocycles. The molecule has 0 spiro atoms. The molecule has 0 fully saturated rings. The molecular weight excluding hydrogens is 205 g/mol. The molecule has 1 atom stereocenters. The van der Waals surface area contributed by atoms with Gasteiger partial charge in [-0.3, -0.25) is 4.79 Å². The first kappa shape index (κ1) is 12.4. The molecular formula is C13H16FNO. The molecule has 0 aliphatic heterocycles. The molecule has 1 aromatic carbocycles. The van der Waals surface area contributed by atoms with Crippen LogP contribution in [0.3, 0.4) is 0 Å². The number of nitrogens with one attached hydrogen (secondary N) is 1. The second-order valence-corrected chi connectivity index (χ2v) is 3.74. The van der Waals surface area contributed by atoms with E-state index >= 15 is 0 Å². The number of hydrogen-bond donors (Lipinski definition) is 1. The van der Waals surface area contributed by atoms with E-state index in [1.807, 2.05) is 13.0 Å². The molecule has 2 nitrogen and oxygen atoms in total. The Labute approximate surface area is 95.2 Å². The Kier molecular flexibility index (Phi) is 4.70. The fourth-order valence-corrected chi connectivity index (χ4v) is 1.45. The molecule has 0 saturated carbocycles. The second kappa shape index (κ2) is 6.05. The first-order chi connectivity index (χ1) is 7.63. The van der Waals surface area contributed by atoms with Crippen LogP contribution in [0.2, 0.25) is 0 Å². The summed E-state index contributed by atoms with van der Waals surface area (Å²) in [5.74, 6) is -0.384. The fraction of sp³-hybridized carbons (Fsp3) is 0.308. The lowest BCUT2D eigenvalue weighted by Gasteiger charge is -2.12. The van der Waals surface area contributed by atoms with Crippen molar-refractivity contribution in [3.8, 4) is 0 Å². The van der Waals surface area contributed by atoms with Crippen LogP contribution in [-0.4, -0.2) is 11.9 Å². The Bertz CT molecular complexity index is 376. The van der Waals surface area contributed by atoms with Crippen LogP contribution >= 0.6 is 0 Å². The maximum atomic E-state index is 13.3. The van der Waals surface area contributed by atoms with Gasteiger partial charge in [0.15, 0.2) is 0 Å². The van der Waals surface area contributed by atoms with Crippen molar-refractivity contribution < 1.29 is 9.18 Å². The van der Waals surface area contributed by atoms with Crippen LogP contribution in [0.4, 0.5) is 4.39 Å². The average molecular weight is 221 g/mol. The van der Waals surface area contributed by atoms with E-state index in [4.69, 9.17) is 0 Å². The quantitative estimate of drug-likeness (QED) is 0.760. The van der Waals surface area contributed by atoms with Crippen LogP contribution in [0.1, 0.15) is 18.9 Å². The molecule has 86 valence electrons. The molecule has 16 heavy (non-hydrogen) atoms. The lowest BCUT2D eigenvalue weighted by Crippen LogP contribution is -2.31. The number of rotatable bonds is 5. The number of halogens is 1. The maximum absolute atomic E-state index is 13.3. The van der Waals surface area contributed by atoms with E-state index in [2.05, 4.69) is 11.9 Å². The topological polar surface area (TPSA) is 29.1 Å². The molecule has 1 amide bonds. The van der Waals surface area contributed by atoms with Crippen LogP contribution in [0, 0.1) is 5.82 Å². The summed E-state index contributed by atoms with van der Waals surface area (Å²) < 4.78 is 13.3. The Hall–Kier alpha value is -1.64. The summed E-state index contributed by atoms with van der Waals surface area (Å²) in [6.07, 6.45) is 2.56. The molecule has 0 radical (unpaired) electrons. The van der Waals surface area contributed by atoms with Gasteiger partial charge in [-0.25, -0.2) is 4.39 Å². The van der Waals surface area contributed by atoms with Gasteiger partial charge in [0.2, 0.25) is 5.91 Å². The SMILES string of the molecule is C=CC(=O)NC(C)CCc1ccccc1F. The van der Waals surface area contributed by atoms with Crippen molar-refractivity contribution in [1.82, 2.24) is 5.32 Å². The van der Waals surface area contributed by atoms with Gasteiger partial charge >= 0.3 is 0 Å². The third kappa shape index (κ3) is 3.85. The molecule has 1 rings (SSSR count). The zero-order valence-corrected chi connectivity index (χ0v) is 9.37. The van der Waals surface area contributed by atoms with E-state index in [0.29, 0.717) is 18.4 Å². The smallest absolute Gasteiger partial charge is 0.243 e. The van der Waals surface area contributed by atoms with Crippen molar-refractivity contribution >= 4 is 5.91 Å². The number of aryl methyl sites for hydroxylation is 1. The van der Waals surface area contributed by atoms with Crippen molar-refractivity contribution in [3.05, 3.63) is 48.3 Å². The number of carbonyl (C=O) groups excluding carboxylic acids is 1. The first-order valence-corrected chi connectivity index (χ1v) is 5.30. The van der Waals surface area contributed by atoms with Gasteiger partial charge in [0.25, 0.3) is 0 Å². The Morgan fingerprint density at radius 3 is 2.88 bits per heavy atom.